The van der Waals surface area contributed by atoms with E-state index >= 15 is 0 Å². The summed E-state index contributed by atoms with van der Waals surface area (Å²) in [6.45, 7) is 4.20. The van der Waals surface area contributed by atoms with Crippen molar-refractivity contribution in [3.63, 3.8) is 0 Å². The van der Waals surface area contributed by atoms with E-state index in [0.717, 1.165) is 19.6 Å². The highest BCUT2D eigenvalue weighted by Crippen LogP contribution is 2.31. The Hall–Kier alpha value is -2.70. The lowest BCUT2D eigenvalue weighted by molar-refractivity contribution is -0.0178. The number of rotatable bonds is 3. The third kappa shape index (κ3) is 3.34. The van der Waals surface area contributed by atoms with Crippen molar-refractivity contribution in [2.45, 2.75) is 19.9 Å². The molecule has 2 heterocycles. The number of aryl methyl sites for hydroxylation is 1. The van der Waals surface area contributed by atoms with Gasteiger partial charge in [-0.15, -0.1) is 0 Å². The first-order valence-corrected chi connectivity index (χ1v) is 8.89. The van der Waals surface area contributed by atoms with Gasteiger partial charge in [0.15, 0.2) is 0 Å². The number of halogens is 1. The summed E-state index contributed by atoms with van der Waals surface area (Å²) in [6.07, 6.45) is 0.920. The van der Waals surface area contributed by atoms with E-state index in [1.165, 1.54) is 18.2 Å². The molecule has 1 aromatic heterocycles. The minimum atomic E-state index is -0.363. The Balaban J connectivity index is 1.85. The zero-order valence-electron chi connectivity index (χ0n) is 15.0. The van der Waals surface area contributed by atoms with E-state index in [2.05, 4.69) is 4.90 Å². The Morgan fingerprint density at radius 3 is 2.67 bits per heavy atom. The van der Waals surface area contributed by atoms with Gasteiger partial charge in [-0.25, -0.2) is 4.39 Å². The summed E-state index contributed by atoms with van der Waals surface area (Å²) in [5.41, 5.74) is 1.76. The summed E-state index contributed by atoms with van der Waals surface area (Å²) in [5.74, 6) is 0.156. The number of phenolic OH excluding ortho intramolecular Hbond substituents is 1. The second kappa shape index (κ2) is 7.13. The van der Waals surface area contributed by atoms with Crippen molar-refractivity contribution in [2.75, 3.05) is 19.9 Å². The fraction of sp³-hybridized carbons (Fsp3) is 0.286. The van der Waals surface area contributed by atoms with Crippen LogP contribution in [0, 0.1) is 12.7 Å². The number of aromatic hydroxyl groups is 1. The highest BCUT2D eigenvalue weighted by Gasteiger charge is 2.20. The predicted octanol–water partition coefficient (Wildman–Crippen LogP) is 3.79. The van der Waals surface area contributed by atoms with Crippen molar-refractivity contribution in [1.29, 1.82) is 0 Å². The van der Waals surface area contributed by atoms with Gasteiger partial charge >= 0.3 is 0 Å². The molecule has 0 aliphatic carbocycles. The Bertz CT molecular complexity index is 1040. The van der Waals surface area contributed by atoms with Crippen LogP contribution in [0.2, 0.25) is 0 Å². The molecule has 1 aliphatic heterocycles. The summed E-state index contributed by atoms with van der Waals surface area (Å²) in [5, 5.41) is 10.8. The zero-order chi connectivity index (χ0) is 19.0. The minimum Gasteiger partial charge on any atom is -0.507 e. The van der Waals surface area contributed by atoms with Gasteiger partial charge in [0.25, 0.3) is 0 Å². The largest absolute Gasteiger partial charge is 0.507 e. The first-order chi connectivity index (χ1) is 13.0. The predicted molar refractivity (Wildman–Crippen MR) is 100 cm³/mol. The lowest BCUT2D eigenvalue weighted by Gasteiger charge is -2.27. The topological polar surface area (TPSA) is 62.9 Å². The van der Waals surface area contributed by atoms with Gasteiger partial charge in [0.05, 0.1) is 23.2 Å². The van der Waals surface area contributed by atoms with Crippen molar-refractivity contribution in [3.8, 4) is 16.9 Å². The van der Waals surface area contributed by atoms with Crippen molar-refractivity contribution in [2.24, 2.45) is 0 Å². The molecule has 2 aromatic carbocycles. The Morgan fingerprint density at radius 1 is 1.19 bits per heavy atom. The number of nitrogens with zero attached hydrogens (tertiary/aromatic N) is 1. The van der Waals surface area contributed by atoms with Crippen molar-refractivity contribution in [3.05, 3.63) is 63.8 Å². The molecule has 0 amide bonds. The molecule has 27 heavy (non-hydrogen) atoms. The highest BCUT2D eigenvalue weighted by molar-refractivity contribution is 5.86. The Labute approximate surface area is 155 Å². The van der Waals surface area contributed by atoms with Gasteiger partial charge in [0, 0.05) is 19.7 Å². The van der Waals surface area contributed by atoms with Gasteiger partial charge in [0.1, 0.15) is 22.9 Å². The number of fused-ring (bicyclic) bond motifs is 1. The van der Waals surface area contributed by atoms with Gasteiger partial charge in [-0.1, -0.05) is 12.1 Å². The molecule has 0 bridgehead atoms. The molecule has 4 rings (SSSR count). The third-order valence-electron chi connectivity index (χ3n) is 4.87. The summed E-state index contributed by atoms with van der Waals surface area (Å²) < 4.78 is 24.7. The molecule has 5 nitrogen and oxygen atoms in total. The molecule has 0 spiro atoms. The van der Waals surface area contributed by atoms with Gasteiger partial charge in [-0.3, -0.25) is 9.69 Å². The first kappa shape index (κ1) is 17.7. The van der Waals surface area contributed by atoms with Crippen molar-refractivity contribution >= 4 is 11.0 Å². The fourth-order valence-corrected chi connectivity index (χ4v) is 3.51. The van der Waals surface area contributed by atoms with E-state index in [1.807, 2.05) is 0 Å². The summed E-state index contributed by atoms with van der Waals surface area (Å²) >= 11 is 0. The maximum Gasteiger partial charge on any atom is 0.200 e. The molecule has 0 unspecified atom stereocenters. The molecule has 1 saturated heterocycles. The van der Waals surface area contributed by atoms with Crippen LogP contribution in [0.1, 0.15) is 17.7 Å². The molecule has 0 atom stereocenters. The summed E-state index contributed by atoms with van der Waals surface area (Å²) in [7, 11) is 0. The van der Waals surface area contributed by atoms with Gasteiger partial charge in [-0.2, -0.15) is 0 Å². The number of hydrogen-bond donors (Lipinski definition) is 1. The number of benzene rings is 2. The molecule has 0 radical (unpaired) electrons. The van der Waals surface area contributed by atoms with Crippen LogP contribution in [0.4, 0.5) is 4.39 Å². The van der Waals surface area contributed by atoms with E-state index in [9.17, 15) is 14.3 Å². The van der Waals surface area contributed by atoms with Crippen LogP contribution in [-0.2, 0) is 11.3 Å². The summed E-state index contributed by atoms with van der Waals surface area (Å²) in [6, 6.07) is 8.84. The molecule has 140 valence electrons. The lowest BCUT2D eigenvalue weighted by Crippen LogP contribution is -2.32. The van der Waals surface area contributed by atoms with E-state index in [1.54, 1.807) is 25.1 Å². The smallest absolute Gasteiger partial charge is 0.200 e. The van der Waals surface area contributed by atoms with Gasteiger partial charge in [0.2, 0.25) is 5.43 Å². The van der Waals surface area contributed by atoms with E-state index in [0.29, 0.717) is 46.7 Å². The van der Waals surface area contributed by atoms with Crippen LogP contribution < -0.4 is 5.43 Å². The minimum absolute atomic E-state index is 0.0881. The molecule has 3 aromatic rings. The third-order valence-corrected chi connectivity index (χ3v) is 4.87. The Morgan fingerprint density at radius 2 is 1.96 bits per heavy atom. The quantitative estimate of drug-likeness (QED) is 0.761. The normalized spacial score (nSPS) is 15.3. The highest BCUT2D eigenvalue weighted by atomic mass is 19.1. The average molecular weight is 369 g/mol. The maximum atomic E-state index is 13.2. The van der Waals surface area contributed by atoms with E-state index in [-0.39, 0.29) is 17.0 Å². The molecule has 1 N–H and O–H groups in total. The van der Waals surface area contributed by atoms with Gasteiger partial charge < -0.3 is 14.3 Å². The average Bonchev–Trinajstić information content (AvgIpc) is 2.66. The second-order valence-corrected chi connectivity index (χ2v) is 6.75. The van der Waals surface area contributed by atoms with Crippen molar-refractivity contribution < 1.29 is 18.7 Å². The van der Waals surface area contributed by atoms with Crippen LogP contribution in [0.3, 0.4) is 0 Å². The van der Waals surface area contributed by atoms with Crippen LogP contribution >= 0.6 is 0 Å². The number of hydrogen-bond acceptors (Lipinski definition) is 5. The molecule has 0 saturated carbocycles. The maximum absolute atomic E-state index is 13.2. The SMILES string of the molecule is Cc1oc2c(CN3CCCOC3)c(O)ccc2c(=O)c1-c1ccc(F)cc1. The second-order valence-electron chi connectivity index (χ2n) is 6.75. The fourth-order valence-electron chi connectivity index (χ4n) is 3.51. The lowest BCUT2D eigenvalue weighted by atomic mass is 10.0. The monoisotopic (exact) mass is 369 g/mol. The number of phenols is 1. The zero-order valence-corrected chi connectivity index (χ0v) is 15.0. The van der Waals surface area contributed by atoms with E-state index < -0.39 is 0 Å². The standard InChI is InChI=1S/C21H20FNO4/c1-13-19(14-3-5-15(22)6-4-14)20(25)16-7-8-18(24)17(21(16)27-13)11-23-9-2-10-26-12-23/h3-8,24H,2,9-12H2,1H3. The van der Waals surface area contributed by atoms with E-state index in [4.69, 9.17) is 9.15 Å². The van der Waals surface area contributed by atoms with Crippen LogP contribution in [0.5, 0.6) is 5.75 Å². The molecular formula is C21H20FNO4. The molecule has 1 fully saturated rings. The molecule has 1 aliphatic rings. The van der Waals surface area contributed by atoms with Gasteiger partial charge in [-0.05, 0) is 43.2 Å². The van der Waals surface area contributed by atoms with Crippen LogP contribution in [0.15, 0.2) is 45.6 Å². The molecule has 6 heteroatoms. The Kier molecular flexibility index (Phi) is 4.68. The molecular weight excluding hydrogens is 349 g/mol. The van der Waals surface area contributed by atoms with Crippen LogP contribution in [-0.4, -0.2) is 29.9 Å². The first-order valence-electron chi connectivity index (χ1n) is 8.89. The van der Waals surface area contributed by atoms with Crippen molar-refractivity contribution in [1.82, 2.24) is 4.90 Å². The number of ether oxygens (including phenoxy) is 1. The van der Waals surface area contributed by atoms with Crippen LogP contribution in [0.25, 0.3) is 22.1 Å². The summed E-state index contributed by atoms with van der Waals surface area (Å²) in [4.78, 5) is 15.2.